The zero-order chi connectivity index (χ0) is 18.5. The van der Waals surface area contributed by atoms with Gasteiger partial charge in [-0.2, -0.15) is 0 Å². The molecule has 0 spiro atoms. The number of nitro groups is 1. The molecule has 0 radical (unpaired) electrons. The smallest absolute Gasteiger partial charge is 0.270 e. The molecule has 3 aromatic rings. The Bertz CT molecular complexity index is 936. The van der Waals surface area contributed by atoms with Crippen LogP contribution in [0.4, 0.5) is 11.4 Å². The van der Waals surface area contributed by atoms with Gasteiger partial charge in [0.15, 0.2) is 0 Å². The molecule has 4 nitrogen and oxygen atoms in total. The van der Waals surface area contributed by atoms with Gasteiger partial charge in [0.1, 0.15) is 0 Å². The fourth-order valence-electron chi connectivity index (χ4n) is 2.30. The van der Waals surface area contributed by atoms with Crippen LogP contribution in [0.1, 0.15) is 5.56 Å². The van der Waals surface area contributed by atoms with Gasteiger partial charge in [-0.3, -0.25) is 10.1 Å². The largest absolute Gasteiger partial charge is 0.381 e. The van der Waals surface area contributed by atoms with E-state index in [1.54, 1.807) is 6.07 Å². The number of anilines is 1. The number of hydrogen-bond donors (Lipinski definition) is 1. The highest BCUT2D eigenvalue weighted by Gasteiger charge is 2.12. The number of non-ortho nitro benzene ring substituents is 1. The van der Waals surface area contributed by atoms with Gasteiger partial charge in [0, 0.05) is 34.2 Å². The van der Waals surface area contributed by atoms with E-state index < -0.39 is 4.92 Å². The summed E-state index contributed by atoms with van der Waals surface area (Å²) < 4.78 is 0. The second-order valence-corrected chi connectivity index (χ2v) is 7.36. The van der Waals surface area contributed by atoms with E-state index in [1.165, 1.54) is 29.5 Å². The summed E-state index contributed by atoms with van der Waals surface area (Å²) in [6, 6.07) is 20.2. The number of halogens is 2. The first kappa shape index (κ1) is 18.6. The van der Waals surface area contributed by atoms with Crippen LogP contribution in [0, 0.1) is 10.1 Å². The van der Waals surface area contributed by atoms with Crippen molar-refractivity contribution in [1.82, 2.24) is 0 Å². The van der Waals surface area contributed by atoms with Crippen LogP contribution in [0.3, 0.4) is 0 Å². The Morgan fingerprint density at radius 2 is 1.58 bits per heavy atom. The van der Waals surface area contributed by atoms with Crippen molar-refractivity contribution < 1.29 is 4.92 Å². The van der Waals surface area contributed by atoms with Crippen molar-refractivity contribution in [2.75, 3.05) is 5.32 Å². The zero-order valence-corrected chi connectivity index (χ0v) is 15.8. The lowest BCUT2D eigenvalue weighted by Gasteiger charge is -2.10. The summed E-state index contributed by atoms with van der Waals surface area (Å²) in [6.07, 6.45) is 0. The standard InChI is InChI=1S/C19H14Cl2N2O2S/c20-16-10-14(22-12-13-4-2-1-3-5-13)6-8-18(16)26-19-9-7-15(23(24)25)11-17(19)21/h1-11,22H,12H2. The Kier molecular flexibility index (Phi) is 6.04. The highest BCUT2D eigenvalue weighted by atomic mass is 35.5. The lowest BCUT2D eigenvalue weighted by molar-refractivity contribution is -0.384. The maximum Gasteiger partial charge on any atom is 0.270 e. The lowest BCUT2D eigenvalue weighted by atomic mass is 10.2. The van der Waals surface area contributed by atoms with E-state index in [4.69, 9.17) is 23.2 Å². The van der Waals surface area contributed by atoms with Gasteiger partial charge in [-0.05, 0) is 29.8 Å². The van der Waals surface area contributed by atoms with Gasteiger partial charge in [-0.25, -0.2) is 0 Å². The number of nitrogens with zero attached hydrogens (tertiary/aromatic N) is 1. The van der Waals surface area contributed by atoms with Gasteiger partial charge in [0.05, 0.1) is 15.0 Å². The summed E-state index contributed by atoms with van der Waals surface area (Å²) in [4.78, 5) is 11.9. The van der Waals surface area contributed by atoms with Crippen molar-refractivity contribution in [3.8, 4) is 0 Å². The molecule has 0 unspecified atom stereocenters. The Hall–Kier alpha value is -2.21. The summed E-state index contributed by atoms with van der Waals surface area (Å²) in [5.41, 5.74) is 2.06. The molecule has 3 aromatic carbocycles. The molecule has 0 aromatic heterocycles. The third-order valence-electron chi connectivity index (χ3n) is 3.62. The van der Waals surface area contributed by atoms with E-state index in [0.717, 1.165) is 10.6 Å². The maximum absolute atomic E-state index is 10.8. The molecule has 0 aliphatic rings. The minimum Gasteiger partial charge on any atom is -0.381 e. The predicted molar refractivity (Wildman–Crippen MR) is 107 cm³/mol. The van der Waals surface area contributed by atoms with Crippen LogP contribution in [-0.2, 0) is 6.54 Å². The first-order chi connectivity index (χ1) is 12.5. The molecule has 132 valence electrons. The van der Waals surface area contributed by atoms with E-state index in [-0.39, 0.29) is 5.69 Å². The van der Waals surface area contributed by atoms with Gasteiger partial charge in [-0.1, -0.05) is 65.3 Å². The molecule has 0 amide bonds. The van der Waals surface area contributed by atoms with Crippen LogP contribution >= 0.6 is 35.0 Å². The van der Waals surface area contributed by atoms with Crippen molar-refractivity contribution in [3.05, 3.63) is 92.5 Å². The van der Waals surface area contributed by atoms with Crippen molar-refractivity contribution in [1.29, 1.82) is 0 Å². The monoisotopic (exact) mass is 404 g/mol. The molecule has 0 heterocycles. The highest BCUT2D eigenvalue weighted by molar-refractivity contribution is 7.99. The van der Waals surface area contributed by atoms with Gasteiger partial charge in [-0.15, -0.1) is 0 Å². The van der Waals surface area contributed by atoms with E-state index in [0.29, 0.717) is 21.5 Å². The van der Waals surface area contributed by atoms with Crippen LogP contribution in [0.25, 0.3) is 0 Å². The molecule has 0 saturated heterocycles. The molecule has 7 heteroatoms. The SMILES string of the molecule is O=[N+]([O-])c1ccc(Sc2ccc(NCc3ccccc3)cc2Cl)c(Cl)c1. The topological polar surface area (TPSA) is 55.2 Å². The molecule has 0 bridgehead atoms. The van der Waals surface area contributed by atoms with Gasteiger partial charge >= 0.3 is 0 Å². The van der Waals surface area contributed by atoms with Crippen molar-refractivity contribution in [2.45, 2.75) is 16.3 Å². The predicted octanol–water partition coefficient (Wildman–Crippen LogP) is 6.66. The third kappa shape index (κ3) is 4.69. The average Bonchev–Trinajstić information content (AvgIpc) is 2.64. The Morgan fingerprint density at radius 1 is 0.923 bits per heavy atom. The summed E-state index contributed by atoms with van der Waals surface area (Å²) in [7, 11) is 0. The average molecular weight is 405 g/mol. The molecular formula is C19H14Cl2N2O2S. The van der Waals surface area contributed by atoms with Gasteiger partial charge in [0.25, 0.3) is 5.69 Å². The number of hydrogen-bond acceptors (Lipinski definition) is 4. The Morgan fingerprint density at radius 3 is 2.19 bits per heavy atom. The quantitative estimate of drug-likeness (QED) is 0.368. The molecule has 0 saturated carbocycles. The van der Waals surface area contributed by atoms with Crippen LogP contribution in [0.15, 0.2) is 76.5 Å². The maximum atomic E-state index is 10.8. The molecule has 26 heavy (non-hydrogen) atoms. The van der Waals surface area contributed by atoms with E-state index in [9.17, 15) is 10.1 Å². The first-order valence-electron chi connectivity index (χ1n) is 7.72. The van der Waals surface area contributed by atoms with E-state index in [2.05, 4.69) is 17.4 Å². The number of benzene rings is 3. The fourth-order valence-corrected chi connectivity index (χ4v) is 3.71. The van der Waals surface area contributed by atoms with Crippen LogP contribution in [-0.4, -0.2) is 4.92 Å². The summed E-state index contributed by atoms with van der Waals surface area (Å²) in [6.45, 7) is 0.706. The molecule has 1 N–H and O–H groups in total. The van der Waals surface area contributed by atoms with Crippen LogP contribution in [0.2, 0.25) is 10.0 Å². The van der Waals surface area contributed by atoms with Gasteiger partial charge < -0.3 is 5.32 Å². The summed E-state index contributed by atoms with van der Waals surface area (Å²) in [5, 5.41) is 15.0. The molecule has 3 rings (SSSR count). The van der Waals surface area contributed by atoms with E-state index in [1.807, 2.05) is 36.4 Å². The first-order valence-corrected chi connectivity index (χ1v) is 9.29. The summed E-state index contributed by atoms with van der Waals surface area (Å²) in [5.74, 6) is 0. The molecular weight excluding hydrogens is 391 g/mol. The minimum absolute atomic E-state index is 0.0362. The van der Waals surface area contributed by atoms with E-state index >= 15 is 0 Å². The van der Waals surface area contributed by atoms with Crippen molar-refractivity contribution >= 4 is 46.3 Å². The zero-order valence-electron chi connectivity index (χ0n) is 13.5. The Balaban J connectivity index is 1.71. The second kappa shape index (κ2) is 8.45. The Labute approximate surface area is 165 Å². The highest BCUT2D eigenvalue weighted by Crippen LogP contribution is 2.39. The van der Waals surface area contributed by atoms with Crippen LogP contribution in [0.5, 0.6) is 0 Å². The third-order valence-corrected chi connectivity index (χ3v) is 5.62. The number of rotatable bonds is 6. The second-order valence-electron chi connectivity index (χ2n) is 5.46. The number of nitro benzene ring substituents is 1. The normalized spacial score (nSPS) is 10.5. The van der Waals surface area contributed by atoms with Crippen molar-refractivity contribution in [3.63, 3.8) is 0 Å². The summed E-state index contributed by atoms with van der Waals surface area (Å²) >= 11 is 13.9. The molecule has 0 aliphatic heterocycles. The van der Waals surface area contributed by atoms with Gasteiger partial charge in [0.2, 0.25) is 0 Å². The molecule has 0 aliphatic carbocycles. The lowest BCUT2D eigenvalue weighted by Crippen LogP contribution is -1.98. The fraction of sp³-hybridized carbons (Fsp3) is 0.0526. The minimum atomic E-state index is -0.472. The van der Waals surface area contributed by atoms with Crippen LogP contribution < -0.4 is 5.32 Å². The van der Waals surface area contributed by atoms with Crippen molar-refractivity contribution in [2.24, 2.45) is 0 Å². The number of nitrogens with one attached hydrogen (secondary N) is 1. The molecule has 0 atom stereocenters. The molecule has 0 fully saturated rings.